The van der Waals surface area contributed by atoms with Crippen molar-refractivity contribution >= 4 is 5.82 Å². The molecule has 0 aliphatic carbocycles. The van der Waals surface area contributed by atoms with Gasteiger partial charge in [-0.2, -0.15) is 13.2 Å². The van der Waals surface area contributed by atoms with Crippen LogP contribution in [0.4, 0.5) is 19.0 Å². The molecule has 0 aliphatic heterocycles. The second kappa shape index (κ2) is 4.08. The lowest BCUT2D eigenvalue weighted by Gasteiger charge is -2.10. The van der Waals surface area contributed by atoms with Crippen molar-refractivity contribution in [2.24, 2.45) is 5.92 Å². The Morgan fingerprint density at radius 1 is 1.33 bits per heavy atom. The molecular formula is C10H13F3N2. The third-order valence-electron chi connectivity index (χ3n) is 1.84. The smallest absolute Gasteiger partial charge is 0.384 e. The van der Waals surface area contributed by atoms with Gasteiger partial charge in [0.2, 0.25) is 0 Å². The van der Waals surface area contributed by atoms with E-state index in [0.29, 0.717) is 12.1 Å². The highest BCUT2D eigenvalue weighted by Gasteiger charge is 2.31. The van der Waals surface area contributed by atoms with Crippen LogP contribution in [0.5, 0.6) is 0 Å². The van der Waals surface area contributed by atoms with Gasteiger partial charge in [-0.3, -0.25) is 0 Å². The van der Waals surface area contributed by atoms with E-state index in [1.165, 1.54) is 0 Å². The highest BCUT2D eigenvalue weighted by molar-refractivity contribution is 5.36. The Hall–Kier alpha value is -1.26. The molecule has 0 aromatic carbocycles. The molecule has 0 fully saturated rings. The summed E-state index contributed by atoms with van der Waals surface area (Å²) in [5, 5.41) is 0. The number of alkyl halides is 3. The normalized spacial score (nSPS) is 12.1. The summed E-state index contributed by atoms with van der Waals surface area (Å²) in [6.45, 7) is 3.83. The lowest BCUT2D eigenvalue weighted by molar-refractivity contribution is -0.137. The van der Waals surface area contributed by atoms with E-state index < -0.39 is 11.7 Å². The number of nitrogen functional groups attached to an aromatic ring is 1. The molecule has 0 radical (unpaired) electrons. The number of rotatable bonds is 2. The van der Waals surface area contributed by atoms with Crippen LogP contribution in [-0.2, 0) is 12.6 Å². The van der Waals surface area contributed by atoms with Crippen LogP contribution < -0.4 is 5.73 Å². The van der Waals surface area contributed by atoms with E-state index in [-0.39, 0.29) is 11.7 Å². The Kier molecular flexibility index (Phi) is 3.21. The molecule has 0 saturated heterocycles. The van der Waals surface area contributed by atoms with Gasteiger partial charge >= 0.3 is 6.18 Å². The van der Waals surface area contributed by atoms with Crippen LogP contribution in [0.3, 0.4) is 0 Å². The zero-order valence-corrected chi connectivity index (χ0v) is 8.60. The van der Waals surface area contributed by atoms with Crippen LogP contribution in [-0.4, -0.2) is 4.98 Å². The van der Waals surface area contributed by atoms with Gasteiger partial charge in [-0.05, 0) is 24.5 Å². The third kappa shape index (κ3) is 3.42. The fourth-order valence-electron chi connectivity index (χ4n) is 1.30. The number of hydrogen-bond donors (Lipinski definition) is 1. The number of anilines is 1. The Balaban J connectivity index is 3.06. The topological polar surface area (TPSA) is 38.9 Å². The van der Waals surface area contributed by atoms with Crippen LogP contribution in [0.2, 0.25) is 0 Å². The summed E-state index contributed by atoms with van der Waals surface area (Å²) in [5.74, 6) is 0.167. The van der Waals surface area contributed by atoms with Crippen LogP contribution in [0.15, 0.2) is 12.1 Å². The Bertz CT molecular complexity index is 345. The van der Waals surface area contributed by atoms with Crippen molar-refractivity contribution in [3.05, 3.63) is 23.4 Å². The first kappa shape index (κ1) is 11.8. The highest BCUT2D eigenvalue weighted by Crippen LogP contribution is 2.30. The highest BCUT2D eigenvalue weighted by atomic mass is 19.4. The quantitative estimate of drug-likeness (QED) is 0.828. The summed E-state index contributed by atoms with van der Waals surface area (Å²) in [5.41, 5.74) is 4.98. The van der Waals surface area contributed by atoms with E-state index in [1.54, 1.807) is 0 Å². The van der Waals surface area contributed by atoms with Gasteiger partial charge in [0, 0.05) is 5.69 Å². The standard InChI is InChI=1S/C10H13F3N2/c1-6(2)3-8-4-7(10(11,12)13)5-9(14)15-8/h4-6H,3H2,1-2H3,(H2,14,15). The summed E-state index contributed by atoms with van der Waals surface area (Å²) in [4.78, 5) is 3.87. The van der Waals surface area contributed by atoms with Gasteiger partial charge in [0.25, 0.3) is 0 Å². The van der Waals surface area contributed by atoms with Gasteiger partial charge in [0.05, 0.1) is 5.56 Å². The van der Waals surface area contributed by atoms with Crippen LogP contribution in [0.1, 0.15) is 25.1 Å². The number of nitrogens with zero attached hydrogens (tertiary/aromatic N) is 1. The van der Waals surface area contributed by atoms with Crippen LogP contribution in [0.25, 0.3) is 0 Å². The van der Waals surface area contributed by atoms with E-state index in [0.717, 1.165) is 12.1 Å². The molecular weight excluding hydrogens is 205 g/mol. The second-order valence-electron chi connectivity index (χ2n) is 3.87. The molecule has 0 amide bonds. The van der Waals surface area contributed by atoms with Crippen molar-refractivity contribution in [1.29, 1.82) is 0 Å². The van der Waals surface area contributed by atoms with Gasteiger partial charge in [-0.25, -0.2) is 4.98 Å². The minimum atomic E-state index is -4.36. The molecule has 15 heavy (non-hydrogen) atoms. The lowest BCUT2D eigenvalue weighted by atomic mass is 10.1. The first-order chi connectivity index (χ1) is 6.79. The predicted molar refractivity (Wildman–Crippen MR) is 52.2 cm³/mol. The summed E-state index contributed by atoms with van der Waals surface area (Å²) in [6, 6.07) is 1.90. The molecule has 5 heteroatoms. The molecule has 0 saturated carbocycles. The molecule has 0 unspecified atom stereocenters. The summed E-state index contributed by atoms with van der Waals surface area (Å²) in [7, 11) is 0. The van der Waals surface area contributed by atoms with Gasteiger partial charge in [-0.1, -0.05) is 13.8 Å². The molecule has 0 atom stereocenters. The first-order valence-corrected chi connectivity index (χ1v) is 4.62. The van der Waals surface area contributed by atoms with E-state index in [9.17, 15) is 13.2 Å². The predicted octanol–water partition coefficient (Wildman–Crippen LogP) is 2.88. The van der Waals surface area contributed by atoms with E-state index >= 15 is 0 Å². The van der Waals surface area contributed by atoms with Gasteiger partial charge in [0.15, 0.2) is 0 Å². The Morgan fingerprint density at radius 2 is 1.93 bits per heavy atom. The van der Waals surface area contributed by atoms with Crippen molar-refractivity contribution in [3.63, 3.8) is 0 Å². The van der Waals surface area contributed by atoms with Gasteiger partial charge < -0.3 is 5.73 Å². The van der Waals surface area contributed by atoms with Crippen molar-refractivity contribution in [2.45, 2.75) is 26.4 Å². The maximum absolute atomic E-state index is 12.4. The largest absolute Gasteiger partial charge is 0.416 e. The Labute approximate surface area is 86.3 Å². The summed E-state index contributed by atoms with van der Waals surface area (Å²) >= 11 is 0. The number of hydrogen-bond acceptors (Lipinski definition) is 2. The Morgan fingerprint density at radius 3 is 2.40 bits per heavy atom. The summed E-state index contributed by atoms with van der Waals surface area (Å²) in [6.07, 6.45) is -3.86. The SMILES string of the molecule is CC(C)Cc1cc(C(F)(F)F)cc(N)n1. The molecule has 1 heterocycles. The molecule has 2 nitrogen and oxygen atoms in total. The minimum absolute atomic E-state index is 0.0829. The van der Waals surface area contributed by atoms with Crippen molar-refractivity contribution in [3.8, 4) is 0 Å². The molecule has 1 aromatic heterocycles. The maximum atomic E-state index is 12.4. The van der Waals surface area contributed by atoms with E-state index in [1.807, 2.05) is 13.8 Å². The molecule has 1 aromatic rings. The van der Waals surface area contributed by atoms with Crippen LogP contribution >= 0.6 is 0 Å². The molecule has 84 valence electrons. The average molecular weight is 218 g/mol. The number of aromatic nitrogens is 1. The fraction of sp³-hybridized carbons (Fsp3) is 0.500. The van der Waals surface area contributed by atoms with Crippen molar-refractivity contribution in [2.75, 3.05) is 5.73 Å². The molecule has 1 rings (SSSR count). The van der Waals surface area contributed by atoms with E-state index in [4.69, 9.17) is 5.73 Å². The van der Waals surface area contributed by atoms with Gasteiger partial charge in [0.1, 0.15) is 5.82 Å². The summed E-state index contributed by atoms with van der Waals surface area (Å²) < 4.78 is 37.2. The maximum Gasteiger partial charge on any atom is 0.416 e. The second-order valence-corrected chi connectivity index (χ2v) is 3.87. The molecule has 0 bridgehead atoms. The third-order valence-corrected chi connectivity index (χ3v) is 1.84. The zero-order valence-electron chi connectivity index (χ0n) is 8.60. The minimum Gasteiger partial charge on any atom is -0.384 e. The van der Waals surface area contributed by atoms with Crippen molar-refractivity contribution in [1.82, 2.24) is 4.98 Å². The molecule has 0 aliphatic rings. The first-order valence-electron chi connectivity index (χ1n) is 4.62. The lowest BCUT2D eigenvalue weighted by Crippen LogP contribution is -2.09. The number of nitrogens with two attached hydrogens (primary N) is 1. The number of halogens is 3. The monoisotopic (exact) mass is 218 g/mol. The van der Waals surface area contributed by atoms with Crippen LogP contribution in [0, 0.1) is 5.92 Å². The fourth-order valence-corrected chi connectivity index (χ4v) is 1.30. The van der Waals surface area contributed by atoms with E-state index in [2.05, 4.69) is 4.98 Å². The number of pyridine rings is 1. The zero-order chi connectivity index (χ0) is 11.6. The average Bonchev–Trinajstić information content (AvgIpc) is 1.99. The molecule has 0 spiro atoms. The van der Waals surface area contributed by atoms with Gasteiger partial charge in [-0.15, -0.1) is 0 Å². The molecule has 2 N–H and O–H groups in total. The van der Waals surface area contributed by atoms with Crippen molar-refractivity contribution < 1.29 is 13.2 Å².